The molecular formula is C35H35NO3. The number of hydrogen-bond donors (Lipinski definition) is 0. The van der Waals surface area contributed by atoms with E-state index in [2.05, 4.69) is 84.9 Å². The molecule has 39 heavy (non-hydrogen) atoms. The summed E-state index contributed by atoms with van der Waals surface area (Å²) >= 11 is 0. The van der Waals surface area contributed by atoms with Crippen molar-refractivity contribution in [1.82, 2.24) is 4.90 Å². The summed E-state index contributed by atoms with van der Waals surface area (Å²) in [7, 11) is 0. The highest BCUT2D eigenvalue weighted by Crippen LogP contribution is 2.40. The fraction of sp³-hybridized carbons (Fsp3) is 0.229. The van der Waals surface area contributed by atoms with Crippen LogP contribution in [-0.4, -0.2) is 30.2 Å². The first-order valence-corrected chi connectivity index (χ1v) is 13.7. The molecule has 1 amide bonds. The van der Waals surface area contributed by atoms with Gasteiger partial charge in [0.2, 0.25) is 0 Å². The normalized spacial score (nSPS) is 14.9. The Bertz CT molecular complexity index is 1230. The predicted molar refractivity (Wildman–Crippen MR) is 155 cm³/mol. The highest BCUT2D eigenvalue weighted by atomic mass is 16.6. The van der Waals surface area contributed by atoms with Crippen molar-refractivity contribution in [2.75, 3.05) is 13.2 Å². The van der Waals surface area contributed by atoms with Crippen LogP contribution in [0, 0.1) is 0 Å². The van der Waals surface area contributed by atoms with Crippen LogP contribution in [-0.2, 0) is 21.7 Å². The first-order chi connectivity index (χ1) is 19.3. The topological polar surface area (TPSA) is 38.8 Å². The van der Waals surface area contributed by atoms with Gasteiger partial charge in [0.05, 0.1) is 6.04 Å². The smallest absolute Gasteiger partial charge is 0.410 e. The average Bonchev–Trinajstić information content (AvgIpc) is 3.48. The Labute approximate surface area is 231 Å². The van der Waals surface area contributed by atoms with Gasteiger partial charge >= 0.3 is 6.09 Å². The molecule has 4 nitrogen and oxygen atoms in total. The van der Waals surface area contributed by atoms with E-state index in [1.54, 1.807) is 0 Å². The highest BCUT2D eigenvalue weighted by Gasteiger charge is 2.37. The van der Waals surface area contributed by atoms with E-state index in [1.165, 1.54) is 0 Å². The molecule has 0 aromatic heterocycles. The molecule has 1 atom stereocenters. The lowest BCUT2D eigenvalue weighted by Crippen LogP contribution is -2.36. The first-order valence-electron chi connectivity index (χ1n) is 13.7. The third kappa shape index (κ3) is 6.30. The minimum atomic E-state index is -0.704. The van der Waals surface area contributed by atoms with Crippen LogP contribution in [0.3, 0.4) is 0 Å². The van der Waals surface area contributed by atoms with Gasteiger partial charge in [-0.15, -0.1) is 0 Å². The standard InChI is InChI=1S/C35H35NO3/c37-34(38-28-29-16-5-1-6-17-29)36-26-15-25-33(36)24-13-14-27-39-35(30-18-7-2-8-19-30,31-20-9-3-10-21-31)32-22-11-4-12-23-32/h1-12,15-23,25,33H,13-14,24,26-28H2/t33-/m0/s1. The van der Waals surface area contributed by atoms with E-state index in [0.717, 1.165) is 41.5 Å². The second-order valence-electron chi connectivity index (χ2n) is 9.81. The summed E-state index contributed by atoms with van der Waals surface area (Å²) in [6.45, 7) is 1.47. The maximum Gasteiger partial charge on any atom is 0.410 e. The molecule has 0 aliphatic carbocycles. The van der Waals surface area contributed by atoms with Gasteiger partial charge in [0.25, 0.3) is 0 Å². The summed E-state index contributed by atoms with van der Waals surface area (Å²) in [6.07, 6.45) is 6.59. The predicted octanol–water partition coefficient (Wildman–Crippen LogP) is 7.74. The number of ether oxygens (including phenoxy) is 2. The molecule has 0 spiro atoms. The fourth-order valence-electron chi connectivity index (χ4n) is 5.28. The van der Waals surface area contributed by atoms with E-state index < -0.39 is 5.60 Å². The monoisotopic (exact) mass is 517 g/mol. The van der Waals surface area contributed by atoms with E-state index in [1.807, 2.05) is 53.4 Å². The van der Waals surface area contributed by atoms with Crippen molar-refractivity contribution in [1.29, 1.82) is 0 Å². The van der Waals surface area contributed by atoms with E-state index in [9.17, 15) is 4.79 Å². The van der Waals surface area contributed by atoms with Crippen LogP contribution in [0.2, 0.25) is 0 Å². The molecule has 0 saturated carbocycles. The molecule has 0 radical (unpaired) electrons. The van der Waals surface area contributed by atoms with Crippen LogP contribution in [0.25, 0.3) is 0 Å². The lowest BCUT2D eigenvalue weighted by molar-refractivity contribution is 0.0102. The Morgan fingerprint density at radius 3 is 1.77 bits per heavy atom. The molecule has 0 bridgehead atoms. The molecule has 0 saturated heterocycles. The van der Waals surface area contributed by atoms with Crippen molar-refractivity contribution in [3.8, 4) is 0 Å². The van der Waals surface area contributed by atoms with Crippen LogP contribution in [0.1, 0.15) is 41.5 Å². The van der Waals surface area contributed by atoms with Crippen LogP contribution in [0.4, 0.5) is 4.79 Å². The van der Waals surface area contributed by atoms with Gasteiger partial charge in [-0.25, -0.2) is 4.79 Å². The molecule has 1 heterocycles. The minimum absolute atomic E-state index is 0.0513. The van der Waals surface area contributed by atoms with E-state index in [4.69, 9.17) is 9.47 Å². The second-order valence-corrected chi connectivity index (χ2v) is 9.81. The lowest BCUT2D eigenvalue weighted by Gasteiger charge is -2.36. The molecule has 1 aliphatic rings. The number of nitrogens with zero attached hydrogens (tertiary/aromatic N) is 1. The van der Waals surface area contributed by atoms with Crippen molar-refractivity contribution >= 4 is 6.09 Å². The second kappa shape index (κ2) is 13.1. The van der Waals surface area contributed by atoms with Crippen LogP contribution < -0.4 is 0 Å². The Hall–Kier alpha value is -4.15. The summed E-state index contributed by atoms with van der Waals surface area (Å²) in [6, 6.07) is 41.2. The van der Waals surface area contributed by atoms with Crippen molar-refractivity contribution in [3.05, 3.63) is 156 Å². The quantitative estimate of drug-likeness (QED) is 0.116. The number of carbonyl (C=O) groups is 1. The summed E-state index contributed by atoms with van der Waals surface area (Å²) in [4.78, 5) is 14.6. The molecular weight excluding hydrogens is 482 g/mol. The molecule has 0 fully saturated rings. The maximum atomic E-state index is 12.8. The largest absolute Gasteiger partial charge is 0.445 e. The SMILES string of the molecule is O=C(OCc1ccccc1)N1CC=C[C@@H]1CCCCOC(c1ccccc1)(c1ccccc1)c1ccccc1. The molecule has 5 rings (SSSR count). The number of benzene rings is 4. The van der Waals surface area contributed by atoms with Gasteiger partial charge in [-0.1, -0.05) is 133 Å². The molecule has 4 heteroatoms. The summed E-state index contributed by atoms with van der Waals surface area (Å²) in [5, 5.41) is 0. The van der Waals surface area contributed by atoms with Crippen molar-refractivity contribution in [2.45, 2.75) is 37.5 Å². The summed E-state index contributed by atoms with van der Waals surface area (Å²) in [5.74, 6) is 0. The van der Waals surface area contributed by atoms with Gasteiger partial charge in [0.15, 0.2) is 0 Å². The Balaban J connectivity index is 1.23. The number of rotatable bonds is 11. The van der Waals surface area contributed by atoms with Crippen LogP contribution in [0.5, 0.6) is 0 Å². The van der Waals surface area contributed by atoms with Crippen molar-refractivity contribution in [2.24, 2.45) is 0 Å². The molecule has 1 aliphatic heterocycles. The third-order valence-electron chi connectivity index (χ3n) is 7.25. The molecule has 4 aromatic carbocycles. The van der Waals surface area contributed by atoms with Crippen LogP contribution in [0.15, 0.2) is 133 Å². The zero-order valence-corrected chi connectivity index (χ0v) is 22.2. The van der Waals surface area contributed by atoms with E-state index in [0.29, 0.717) is 13.2 Å². The number of unbranched alkanes of at least 4 members (excludes halogenated alkanes) is 1. The third-order valence-corrected chi connectivity index (χ3v) is 7.25. The van der Waals surface area contributed by atoms with E-state index in [-0.39, 0.29) is 18.7 Å². The van der Waals surface area contributed by atoms with Gasteiger partial charge in [-0.2, -0.15) is 0 Å². The first kappa shape index (κ1) is 26.5. The summed E-state index contributed by atoms with van der Waals surface area (Å²) < 4.78 is 12.5. The fourth-order valence-corrected chi connectivity index (χ4v) is 5.28. The number of carbonyl (C=O) groups excluding carboxylic acids is 1. The molecule has 4 aromatic rings. The van der Waals surface area contributed by atoms with Crippen molar-refractivity contribution in [3.63, 3.8) is 0 Å². The van der Waals surface area contributed by atoms with Gasteiger partial charge in [-0.3, -0.25) is 4.90 Å². The zero-order chi connectivity index (χ0) is 26.8. The Kier molecular flexibility index (Phi) is 8.87. The minimum Gasteiger partial charge on any atom is -0.445 e. The summed E-state index contributed by atoms with van der Waals surface area (Å²) in [5.41, 5.74) is 3.60. The Morgan fingerprint density at radius 1 is 0.718 bits per heavy atom. The van der Waals surface area contributed by atoms with Crippen LogP contribution >= 0.6 is 0 Å². The van der Waals surface area contributed by atoms with Gasteiger partial charge in [0.1, 0.15) is 12.2 Å². The molecule has 0 N–H and O–H groups in total. The molecule has 0 unspecified atom stereocenters. The maximum absolute atomic E-state index is 12.8. The Morgan fingerprint density at radius 2 is 1.23 bits per heavy atom. The number of amides is 1. The van der Waals surface area contributed by atoms with Gasteiger partial charge in [0, 0.05) is 13.2 Å². The average molecular weight is 518 g/mol. The highest BCUT2D eigenvalue weighted by molar-refractivity contribution is 5.69. The zero-order valence-electron chi connectivity index (χ0n) is 22.2. The van der Waals surface area contributed by atoms with Gasteiger partial charge in [-0.05, 0) is 41.5 Å². The van der Waals surface area contributed by atoms with E-state index >= 15 is 0 Å². The number of hydrogen-bond acceptors (Lipinski definition) is 3. The van der Waals surface area contributed by atoms with Crippen molar-refractivity contribution < 1.29 is 14.3 Å². The van der Waals surface area contributed by atoms with Gasteiger partial charge < -0.3 is 9.47 Å². The molecule has 198 valence electrons. The lowest BCUT2D eigenvalue weighted by atomic mass is 9.80.